The average Bonchev–Trinajstić information content (AvgIpc) is 3.07. The molecule has 1 atom stereocenters. The fraction of sp³-hybridized carbons (Fsp3) is 0.438. The van der Waals surface area contributed by atoms with Gasteiger partial charge in [-0.15, -0.1) is 11.3 Å². The van der Waals surface area contributed by atoms with Crippen LogP contribution >= 0.6 is 11.3 Å². The number of thiophene rings is 1. The highest BCUT2D eigenvalue weighted by atomic mass is 32.1. The van der Waals surface area contributed by atoms with Gasteiger partial charge in [-0.2, -0.15) is 0 Å². The number of amides is 1. The van der Waals surface area contributed by atoms with E-state index in [-0.39, 0.29) is 11.8 Å². The third-order valence-electron chi connectivity index (χ3n) is 3.64. The number of nitrogens with zero attached hydrogens (tertiary/aromatic N) is 2. The Kier molecular flexibility index (Phi) is 5.13. The maximum absolute atomic E-state index is 11.9. The van der Waals surface area contributed by atoms with Crippen LogP contribution in [0.5, 0.6) is 0 Å². The molecule has 0 aromatic carbocycles. The Labute approximate surface area is 133 Å². The zero-order valence-electron chi connectivity index (χ0n) is 12.3. The number of aromatic nitrogens is 2. The number of hydrogen-bond acceptors (Lipinski definition) is 5. The van der Waals surface area contributed by atoms with Crippen molar-refractivity contribution in [1.82, 2.24) is 15.3 Å². The highest BCUT2D eigenvalue weighted by molar-refractivity contribution is 7.10. The van der Waals surface area contributed by atoms with Gasteiger partial charge in [0.2, 0.25) is 5.91 Å². The Balaban J connectivity index is 1.54. The fourth-order valence-electron chi connectivity index (χ4n) is 2.48. The monoisotopic (exact) mass is 317 g/mol. The van der Waals surface area contributed by atoms with E-state index < -0.39 is 0 Å². The highest BCUT2D eigenvalue weighted by Crippen LogP contribution is 2.22. The minimum Gasteiger partial charge on any atom is -0.381 e. The SMILES string of the molecule is O=C(Cc1cccs1)NCc1ccnc([C@H]2CCCOC2)n1. The van der Waals surface area contributed by atoms with E-state index in [0.717, 1.165) is 35.8 Å². The van der Waals surface area contributed by atoms with E-state index in [1.54, 1.807) is 17.5 Å². The van der Waals surface area contributed by atoms with Crippen molar-refractivity contribution >= 4 is 17.2 Å². The van der Waals surface area contributed by atoms with E-state index in [1.165, 1.54) is 0 Å². The number of carbonyl (C=O) groups is 1. The van der Waals surface area contributed by atoms with Gasteiger partial charge < -0.3 is 10.1 Å². The van der Waals surface area contributed by atoms with E-state index in [9.17, 15) is 4.79 Å². The van der Waals surface area contributed by atoms with Gasteiger partial charge in [0, 0.05) is 23.6 Å². The van der Waals surface area contributed by atoms with E-state index >= 15 is 0 Å². The molecule has 3 rings (SSSR count). The van der Waals surface area contributed by atoms with Crippen molar-refractivity contribution in [1.29, 1.82) is 0 Å². The molecule has 22 heavy (non-hydrogen) atoms. The van der Waals surface area contributed by atoms with Gasteiger partial charge in [-0.05, 0) is 30.4 Å². The van der Waals surface area contributed by atoms with Crippen LogP contribution < -0.4 is 5.32 Å². The van der Waals surface area contributed by atoms with Crippen LogP contribution in [-0.2, 0) is 22.5 Å². The summed E-state index contributed by atoms with van der Waals surface area (Å²) in [6, 6.07) is 5.77. The molecule has 0 radical (unpaired) electrons. The Morgan fingerprint density at radius 2 is 2.41 bits per heavy atom. The summed E-state index contributed by atoms with van der Waals surface area (Å²) in [5, 5.41) is 4.89. The van der Waals surface area contributed by atoms with Crippen molar-refractivity contribution in [2.45, 2.75) is 31.7 Å². The molecule has 1 aliphatic rings. The van der Waals surface area contributed by atoms with Gasteiger partial charge in [0.1, 0.15) is 5.82 Å². The normalized spacial score (nSPS) is 18.1. The molecule has 2 aromatic rings. The minimum absolute atomic E-state index is 0.0172. The second-order valence-corrected chi connectivity index (χ2v) is 6.39. The largest absolute Gasteiger partial charge is 0.381 e. The van der Waals surface area contributed by atoms with Crippen molar-refractivity contribution < 1.29 is 9.53 Å². The number of rotatable bonds is 5. The second-order valence-electron chi connectivity index (χ2n) is 5.35. The first-order valence-electron chi connectivity index (χ1n) is 7.50. The van der Waals surface area contributed by atoms with Crippen molar-refractivity contribution in [3.05, 3.63) is 46.2 Å². The molecule has 1 fully saturated rings. The van der Waals surface area contributed by atoms with Crippen molar-refractivity contribution in [2.24, 2.45) is 0 Å². The first kappa shape index (κ1) is 15.1. The predicted octanol–water partition coefficient (Wildman–Crippen LogP) is 2.29. The molecule has 3 heterocycles. The zero-order chi connectivity index (χ0) is 15.2. The molecule has 5 nitrogen and oxygen atoms in total. The highest BCUT2D eigenvalue weighted by Gasteiger charge is 2.18. The van der Waals surface area contributed by atoms with Gasteiger partial charge in [-0.25, -0.2) is 9.97 Å². The molecule has 0 spiro atoms. The van der Waals surface area contributed by atoms with E-state index in [1.807, 2.05) is 23.6 Å². The molecular formula is C16H19N3O2S. The van der Waals surface area contributed by atoms with E-state index in [2.05, 4.69) is 15.3 Å². The average molecular weight is 317 g/mol. The van der Waals surface area contributed by atoms with Crippen molar-refractivity contribution in [3.8, 4) is 0 Å². The van der Waals surface area contributed by atoms with Crippen molar-refractivity contribution in [2.75, 3.05) is 13.2 Å². The molecule has 1 N–H and O–H groups in total. The smallest absolute Gasteiger partial charge is 0.225 e. The summed E-state index contributed by atoms with van der Waals surface area (Å²) in [5.74, 6) is 1.11. The van der Waals surface area contributed by atoms with Crippen LogP contribution in [-0.4, -0.2) is 29.1 Å². The van der Waals surface area contributed by atoms with Gasteiger partial charge in [-0.3, -0.25) is 4.79 Å². The molecule has 2 aromatic heterocycles. The van der Waals surface area contributed by atoms with Crippen LogP contribution in [0.15, 0.2) is 29.8 Å². The van der Waals surface area contributed by atoms with Crippen molar-refractivity contribution in [3.63, 3.8) is 0 Å². The third-order valence-corrected chi connectivity index (χ3v) is 4.52. The molecule has 0 saturated carbocycles. The standard InChI is InChI=1S/C16H19N3O2S/c20-15(9-14-4-2-8-22-14)18-10-13-5-6-17-16(19-13)12-3-1-7-21-11-12/h2,4-6,8,12H,1,3,7,9-11H2,(H,18,20)/t12-/m0/s1. The topological polar surface area (TPSA) is 64.1 Å². The summed E-state index contributed by atoms with van der Waals surface area (Å²) in [5.41, 5.74) is 0.843. The van der Waals surface area contributed by atoms with Crippen LogP contribution in [0, 0.1) is 0 Å². The first-order valence-corrected chi connectivity index (χ1v) is 8.38. The van der Waals surface area contributed by atoms with E-state index in [4.69, 9.17) is 4.74 Å². The predicted molar refractivity (Wildman–Crippen MR) is 84.7 cm³/mol. The van der Waals surface area contributed by atoms with Crippen LogP contribution in [0.3, 0.4) is 0 Å². The molecular weight excluding hydrogens is 298 g/mol. The van der Waals surface area contributed by atoms with Gasteiger partial charge in [0.25, 0.3) is 0 Å². The summed E-state index contributed by atoms with van der Waals surface area (Å²) in [6.45, 7) is 1.95. The Hall–Kier alpha value is -1.79. The summed E-state index contributed by atoms with van der Waals surface area (Å²) >= 11 is 1.59. The van der Waals surface area contributed by atoms with Crippen LogP contribution in [0.4, 0.5) is 0 Å². The van der Waals surface area contributed by atoms with Gasteiger partial charge >= 0.3 is 0 Å². The third kappa shape index (κ3) is 4.11. The summed E-state index contributed by atoms with van der Waals surface area (Å²) < 4.78 is 5.48. The number of hydrogen-bond donors (Lipinski definition) is 1. The maximum Gasteiger partial charge on any atom is 0.225 e. The molecule has 0 aliphatic carbocycles. The minimum atomic E-state index is 0.0172. The van der Waals surface area contributed by atoms with Gasteiger partial charge in [0.15, 0.2) is 0 Å². The van der Waals surface area contributed by atoms with Crippen LogP contribution in [0.25, 0.3) is 0 Å². The summed E-state index contributed by atoms with van der Waals surface area (Å²) in [7, 11) is 0. The Bertz CT molecular complexity index is 610. The molecule has 0 bridgehead atoms. The fourth-order valence-corrected chi connectivity index (χ4v) is 3.18. The molecule has 6 heteroatoms. The first-order chi connectivity index (χ1) is 10.8. The molecule has 116 valence electrons. The quantitative estimate of drug-likeness (QED) is 0.919. The lowest BCUT2D eigenvalue weighted by atomic mass is 10.0. The lowest BCUT2D eigenvalue weighted by Gasteiger charge is -2.20. The van der Waals surface area contributed by atoms with Crippen LogP contribution in [0.1, 0.15) is 35.2 Å². The zero-order valence-corrected chi connectivity index (χ0v) is 13.1. The summed E-state index contributed by atoms with van der Waals surface area (Å²) in [4.78, 5) is 21.9. The molecule has 1 amide bonds. The van der Waals surface area contributed by atoms with E-state index in [0.29, 0.717) is 19.6 Å². The maximum atomic E-state index is 11.9. The van der Waals surface area contributed by atoms with Gasteiger partial charge in [0.05, 0.1) is 25.3 Å². The lowest BCUT2D eigenvalue weighted by molar-refractivity contribution is -0.120. The Morgan fingerprint density at radius 3 is 3.18 bits per heavy atom. The molecule has 1 aliphatic heterocycles. The summed E-state index contributed by atoms with van der Waals surface area (Å²) in [6.07, 6.45) is 4.30. The second kappa shape index (κ2) is 7.47. The van der Waals surface area contributed by atoms with Crippen LogP contribution in [0.2, 0.25) is 0 Å². The number of carbonyl (C=O) groups excluding carboxylic acids is 1. The number of nitrogens with one attached hydrogen (secondary N) is 1. The Morgan fingerprint density at radius 1 is 1.45 bits per heavy atom. The molecule has 0 unspecified atom stereocenters. The molecule has 1 saturated heterocycles. The number of ether oxygens (including phenoxy) is 1. The van der Waals surface area contributed by atoms with Gasteiger partial charge in [-0.1, -0.05) is 6.07 Å². The lowest BCUT2D eigenvalue weighted by Crippen LogP contribution is -2.25.